The predicted molar refractivity (Wildman–Crippen MR) is 221 cm³/mol. The van der Waals surface area contributed by atoms with Crippen molar-refractivity contribution in [3.8, 4) is 28.3 Å². The molecule has 304 valence electrons. The van der Waals surface area contributed by atoms with Crippen LogP contribution in [0.2, 0.25) is 5.02 Å². The van der Waals surface area contributed by atoms with Gasteiger partial charge in [0.05, 0.1) is 30.5 Å². The van der Waals surface area contributed by atoms with E-state index in [-0.39, 0.29) is 23.7 Å². The molecule has 2 fully saturated rings. The van der Waals surface area contributed by atoms with E-state index < -0.39 is 17.8 Å². The van der Waals surface area contributed by atoms with Crippen molar-refractivity contribution in [1.82, 2.24) is 30.2 Å². The fourth-order valence-electron chi connectivity index (χ4n) is 8.34. The van der Waals surface area contributed by atoms with Crippen LogP contribution in [0.1, 0.15) is 68.8 Å². The molecule has 1 atom stereocenters. The standard InChI is InChI=1S/C43H47ClF2N8O4/c1-25-29(30-12-9-13-31(36(30)44)33-15-16-35(41(51-33)57-4)53(3)43(42(56)58-5)18-7-6-8-19-43)11-10-14-32(25)49-39-37-34(50-40(52-39)38(45)46)21-27(22-47-37)23-54-20-17-28(24-54)48-26(2)55/h9-16,21-22,28,38H,6-8,17-20,23-24H2,1-5H3,(H,48,55)(H,49,50,52)/t28-/m1/s1. The van der Waals surface area contributed by atoms with Crippen molar-refractivity contribution < 1.29 is 27.8 Å². The molecule has 0 unspecified atom stereocenters. The van der Waals surface area contributed by atoms with Gasteiger partial charge in [0.25, 0.3) is 6.43 Å². The summed E-state index contributed by atoms with van der Waals surface area (Å²) in [6.45, 7) is 5.44. The fourth-order valence-corrected chi connectivity index (χ4v) is 8.66. The number of likely N-dealkylation sites (tertiary alicyclic amines) is 1. The van der Waals surface area contributed by atoms with E-state index in [1.54, 1.807) is 19.4 Å². The number of rotatable bonds is 12. The first-order valence-electron chi connectivity index (χ1n) is 19.4. The Labute approximate surface area is 341 Å². The van der Waals surface area contributed by atoms with E-state index >= 15 is 0 Å². The zero-order chi connectivity index (χ0) is 41.1. The number of nitrogens with one attached hydrogen (secondary N) is 2. The Hall–Kier alpha value is -5.47. The van der Waals surface area contributed by atoms with Crippen LogP contribution in [0.5, 0.6) is 5.88 Å². The van der Waals surface area contributed by atoms with Crippen LogP contribution in [0.3, 0.4) is 0 Å². The number of ether oxygens (including phenoxy) is 2. The highest BCUT2D eigenvalue weighted by atomic mass is 35.5. The maximum Gasteiger partial charge on any atom is 0.331 e. The van der Waals surface area contributed by atoms with E-state index in [9.17, 15) is 18.4 Å². The highest BCUT2D eigenvalue weighted by Gasteiger charge is 2.45. The Balaban J connectivity index is 1.18. The van der Waals surface area contributed by atoms with Crippen molar-refractivity contribution in [2.24, 2.45) is 0 Å². The predicted octanol–water partition coefficient (Wildman–Crippen LogP) is 8.43. The van der Waals surface area contributed by atoms with Crippen LogP contribution in [0.25, 0.3) is 33.4 Å². The molecule has 2 aromatic carbocycles. The van der Waals surface area contributed by atoms with E-state index in [4.69, 9.17) is 26.1 Å². The number of hydrogen-bond donors (Lipinski definition) is 2. The molecule has 2 aliphatic rings. The van der Waals surface area contributed by atoms with Crippen molar-refractivity contribution in [1.29, 1.82) is 0 Å². The number of likely N-dealkylation sites (N-methyl/N-ethyl adjacent to an activating group) is 1. The van der Waals surface area contributed by atoms with Gasteiger partial charge in [-0.05, 0) is 67.1 Å². The summed E-state index contributed by atoms with van der Waals surface area (Å²) >= 11 is 7.20. The average molecular weight is 813 g/mol. The monoisotopic (exact) mass is 812 g/mol. The highest BCUT2D eigenvalue weighted by molar-refractivity contribution is 6.36. The molecule has 58 heavy (non-hydrogen) atoms. The molecule has 1 aliphatic carbocycles. The summed E-state index contributed by atoms with van der Waals surface area (Å²) in [4.78, 5) is 46.7. The van der Waals surface area contributed by atoms with Crippen molar-refractivity contribution in [3.05, 3.63) is 82.8 Å². The van der Waals surface area contributed by atoms with Crippen molar-refractivity contribution >= 4 is 51.7 Å². The van der Waals surface area contributed by atoms with E-state index in [1.807, 2.05) is 67.4 Å². The lowest BCUT2D eigenvalue weighted by molar-refractivity contribution is -0.148. The molecule has 1 amide bonds. The van der Waals surface area contributed by atoms with Gasteiger partial charge >= 0.3 is 5.97 Å². The summed E-state index contributed by atoms with van der Waals surface area (Å²) in [6, 6.07) is 16.9. The zero-order valence-electron chi connectivity index (χ0n) is 33.2. The fraction of sp³-hybridized carbons (Fsp3) is 0.395. The molecule has 1 aliphatic heterocycles. The number of carbonyl (C=O) groups is 2. The summed E-state index contributed by atoms with van der Waals surface area (Å²) in [6.07, 6.45) is 3.87. The first kappa shape index (κ1) is 40.7. The molecular formula is C43H47ClF2N8O4. The smallest absolute Gasteiger partial charge is 0.331 e. The molecular weight excluding hydrogens is 766 g/mol. The molecule has 0 bridgehead atoms. The first-order chi connectivity index (χ1) is 27.9. The minimum Gasteiger partial charge on any atom is -0.480 e. The number of anilines is 3. The number of hydrogen-bond acceptors (Lipinski definition) is 11. The molecule has 1 saturated carbocycles. The third-order valence-electron chi connectivity index (χ3n) is 11.3. The summed E-state index contributed by atoms with van der Waals surface area (Å²) in [5.41, 5.74) is 5.55. The number of benzene rings is 2. The lowest BCUT2D eigenvalue weighted by Crippen LogP contribution is -2.55. The number of methoxy groups -OCH3 is 2. The zero-order valence-corrected chi connectivity index (χ0v) is 34.0. The molecule has 1 saturated heterocycles. The summed E-state index contributed by atoms with van der Waals surface area (Å²) in [7, 11) is 4.85. The molecule has 2 N–H and O–H groups in total. The number of halogens is 3. The van der Waals surface area contributed by atoms with Gasteiger partial charge in [0.2, 0.25) is 11.8 Å². The average Bonchev–Trinajstić information content (AvgIpc) is 3.66. The van der Waals surface area contributed by atoms with Gasteiger partial charge in [-0.15, -0.1) is 0 Å². The molecule has 3 aromatic heterocycles. The maximum absolute atomic E-state index is 14.2. The Kier molecular flexibility index (Phi) is 12.1. The number of carbonyl (C=O) groups excluding carboxylic acids is 2. The number of fused-ring (bicyclic) bond motifs is 1. The Morgan fingerprint density at radius 3 is 2.48 bits per heavy atom. The van der Waals surface area contributed by atoms with Crippen LogP contribution in [0, 0.1) is 6.92 Å². The quantitative estimate of drug-likeness (QED) is 0.118. The third kappa shape index (κ3) is 8.12. The molecule has 12 nitrogen and oxygen atoms in total. The second-order valence-electron chi connectivity index (χ2n) is 15.0. The molecule has 4 heterocycles. The van der Waals surface area contributed by atoms with Gasteiger partial charge in [0, 0.05) is 62.7 Å². The van der Waals surface area contributed by atoms with Crippen molar-refractivity contribution in [2.45, 2.75) is 76.9 Å². The van der Waals surface area contributed by atoms with E-state index in [1.165, 1.54) is 14.0 Å². The Bertz CT molecular complexity index is 2340. The minimum atomic E-state index is -2.90. The van der Waals surface area contributed by atoms with Crippen LogP contribution in [-0.2, 0) is 20.9 Å². The van der Waals surface area contributed by atoms with Crippen molar-refractivity contribution in [3.63, 3.8) is 0 Å². The largest absolute Gasteiger partial charge is 0.480 e. The lowest BCUT2D eigenvalue weighted by atomic mass is 9.80. The van der Waals surface area contributed by atoms with Crippen LogP contribution >= 0.6 is 11.6 Å². The van der Waals surface area contributed by atoms with E-state index in [0.29, 0.717) is 70.5 Å². The molecule has 0 radical (unpaired) electrons. The number of pyridine rings is 2. The highest BCUT2D eigenvalue weighted by Crippen LogP contribution is 2.43. The van der Waals surface area contributed by atoms with Gasteiger partial charge in [-0.2, -0.15) is 0 Å². The van der Waals surface area contributed by atoms with Crippen LogP contribution in [0.15, 0.2) is 60.8 Å². The van der Waals surface area contributed by atoms with Gasteiger partial charge in [-0.1, -0.05) is 61.2 Å². The Morgan fingerprint density at radius 1 is 1.02 bits per heavy atom. The minimum absolute atomic E-state index is 0.0666. The second-order valence-corrected chi connectivity index (χ2v) is 15.4. The first-order valence-corrected chi connectivity index (χ1v) is 19.8. The van der Waals surface area contributed by atoms with Crippen molar-refractivity contribution in [2.75, 3.05) is 44.6 Å². The topological polar surface area (TPSA) is 135 Å². The number of alkyl halides is 2. The number of aromatic nitrogens is 4. The number of esters is 1. The second kappa shape index (κ2) is 17.2. The maximum atomic E-state index is 14.2. The van der Waals surface area contributed by atoms with E-state index in [0.717, 1.165) is 54.5 Å². The molecule has 0 spiro atoms. The summed E-state index contributed by atoms with van der Waals surface area (Å²) in [5.74, 6) is -0.440. The lowest BCUT2D eigenvalue weighted by Gasteiger charge is -2.43. The SMILES string of the molecule is COC(=O)C1(N(C)c2ccc(-c3cccc(-c4cccc(Nc5nc(C(F)F)nc6cc(CN7CC[C@@H](NC(C)=O)C7)cnc56)c4C)c3Cl)nc2OC)CCCCC1. The van der Waals surface area contributed by atoms with Crippen LogP contribution in [0.4, 0.5) is 26.0 Å². The van der Waals surface area contributed by atoms with Gasteiger partial charge in [-0.3, -0.25) is 14.7 Å². The third-order valence-corrected chi connectivity index (χ3v) is 11.7. The number of nitrogens with zero attached hydrogens (tertiary/aromatic N) is 6. The van der Waals surface area contributed by atoms with Crippen LogP contribution in [-0.4, -0.2) is 82.6 Å². The van der Waals surface area contributed by atoms with E-state index in [2.05, 4.69) is 30.5 Å². The van der Waals surface area contributed by atoms with Gasteiger partial charge < -0.3 is 25.0 Å². The molecule has 15 heteroatoms. The molecule has 7 rings (SSSR count). The Morgan fingerprint density at radius 2 is 1.76 bits per heavy atom. The summed E-state index contributed by atoms with van der Waals surface area (Å²) < 4.78 is 39.4. The van der Waals surface area contributed by atoms with Gasteiger partial charge in [0.15, 0.2) is 11.6 Å². The normalized spacial score (nSPS) is 16.7. The van der Waals surface area contributed by atoms with Crippen LogP contribution < -0.4 is 20.3 Å². The van der Waals surface area contributed by atoms with Gasteiger partial charge in [0.1, 0.15) is 16.7 Å². The number of amides is 1. The molecule has 5 aromatic rings. The van der Waals surface area contributed by atoms with Gasteiger partial charge in [-0.25, -0.2) is 28.5 Å². The summed E-state index contributed by atoms with van der Waals surface area (Å²) in [5, 5.41) is 6.69.